The third kappa shape index (κ3) is 3.86. The molecule has 1 saturated heterocycles. The molecule has 0 bridgehead atoms. The number of carbonyl (C=O) groups excluding carboxylic acids is 1. The number of hydrogen-bond acceptors (Lipinski definition) is 6. The van der Waals surface area contributed by atoms with Crippen molar-refractivity contribution in [2.75, 3.05) is 7.11 Å². The van der Waals surface area contributed by atoms with Gasteiger partial charge in [0.05, 0.1) is 16.9 Å². The number of ether oxygens (including phenoxy) is 1. The number of nitro benzene ring substituents is 1. The number of aliphatic imine (C=N–C) groups is 1. The van der Waals surface area contributed by atoms with E-state index in [2.05, 4.69) is 10.3 Å². The van der Waals surface area contributed by atoms with Crippen molar-refractivity contribution in [3.63, 3.8) is 0 Å². The van der Waals surface area contributed by atoms with Crippen LogP contribution in [0.3, 0.4) is 0 Å². The molecule has 1 aliphatic heterocycles. The second-order valence-electron chi connectivity index (χ2n) is 5.00. The van der Waals surface area contributed by atoms with E-state index in [1.807, 2.05) is 12.1 Å². The Morgan fingerprint density at radius 2 is 1.92 bits per heavy atom. The second-order valence-corrected chi connectivity index (χ2v) is 6.03. The SMILES string of the molecule is COc1ccccc1N=C1NC(=O)/C(=C/c2ccc([N+](=O)[O-])cc2)S1. The maximum absolute atomic E-state index is 12.1. The number of amides is 1. The lowest BCUT2D eigenvalue weighted by Gasteiger charge is -2.03. The summed E-state index contributed by atoms with van der Waals surface area (Å²) in [6, 6.07) is 13.2. The number of benzene rings is 2. The Bertz CT molecular complexity index is 891. The van der Waals surface area contributed by atoms with Gasteiger partial charge in [-0.25, -0.2) is 4.99 Å². The Kier molecular flexibility index (Phi) is 4.80. The summed E-state index contributed by atoms with van der Waals surface area (Å²) in [5, 5.41) is 13.8. The highest BCUT2D eigenvalue weighted by atomic mass is 32.2. The normalized spacial score (nSPS) is 16.9. The number of rotatable bonds is 4. The first-order valence-electron chi connectivity index (χ1n) is 7.24. The van der Waals surface area contributed by atoms with Gasteiger partial charge in [0.15, 0.2) is 5.17 Å². The van der Waals surface area contributed by atoms with E-state index in [0.717, 1.165) is 0 Å². The smallest absolute Gasteiger partial charge is 0.269 e. The molecule has 25 heavy (non-hydrogen) atoms. The first kappa shape index (κ1) is 16.7. The minimum absolute atomic E-state index is 0.00380. The number of nitrogens with zero attached hydrogens (tertiary/aromatic N) is 2. The summed E-state index contributed by atoms with van der Waals surface area (Å²) in [7, 11) is 1.55. The van der Waals surface area contributed by atoms with Gasteiger partial charge >= 0.3 is 0 Å². The van der Waals surface area contributed by atoms with Crippen molar-refractivity contribution in [2.45, 2.75) is 0 Å². The fourth-order valence-corrected chi connectivity index (χ4v) is 2.99. The lowest BCUT2D eigenvalue weighted by atomic mass is 10.2. The highest BCUT2D eigenvalue weighted by molar-refractivity contribution is 8.18. The molecule has 1 fully saturated rings. The van der Waals surface area contributed by atoms with Gasteiger partial charge in [0.2, 0.25) is 0 Å². The van der Waals surface area contributed by atoms with Crippen molar-refractivity contribution in [3.05, 3.63) is 69.1 Å². The summed E-state index contributed by atoms with van der Waals surface area (Å²) in [5.74, 6) is 0.342. The van der Waals surface area contributed by atoms with Crippen LogP contribution in [0, 0.1) is 10.1 Å². The minimum Gasteiger partial charge on any atom is -0.494 e. The Morgan fingerprint density at radius 3 is 2.60 bits per heavy atom. The minimum atomic E-state index is -0.466. The highest BCUT2D eigenvalue weighted by Gasteiger charge is 2.24. The predicted octanol–water partition coefficient (Wildman–Crippen LogP) is 3.50. The summed E-state index contributed by atoms with van der Waals surface area (Å²) in [6.07, 6.45) is 1.66. The summed E-state index contributed by atoms with van der Waals surface area (Å²) in [6.45, 7) is 0. The molecule has 0 aliphatic carbocycles. The number of carbonyl (C=O) groups is 1. The third-order valence-electron chi connectivity index (χ3n) is 3.36. The third-order valence-corrected chi connectivity index (χ3v) is 4.27. The first-order valence-corrected chi connectivity index (χ1v) is 8.05. The van der Waals surface area contributed by atoms with Crippen LogP contribution < -0.4 is 10.1 Å². The molecule has 8 heteroatoms. The van der Waals surface area contributed by atoms with Gasteiger partial charge in [0, 0.05) is 12.1 Å². The molecule has 0 atom stereocenters. The van der Waals surface area contributed by atoms with Crippen molar-refractivity contribution < 1.29 is 14.5 Å². The molecule has 3 rings (SSSR count). The molecule has 0 saturated carbocycles. The molecule has 126 valence electrons. The van der Waals surface area contributed by atoms with Crippen LogP contribution in [-0.2, 0) is 4.79 Å². The van der Waals surface area contributed by atoms with E-state index in [0.29, 0.717) is 27.1 Å². The van der Waals surface area contributed by atoms with Crippen molar-refractivity contribution >= 4 is 40.3 Å². The molecule has 1 N–H and O–H groups in total. The van der Waals surface area contributed by atoms with Gasteiger partial charge in [-0.2, -0.15) is 0 Å². The average Bonchev–Trinajstić information content (AvgIpc) is 2.95. The van der Waals surface area contributed by atoms with Gasteiger partial charge in [-0.1, -0.05) is 12.1 Å². The molecule has 1 aliphatic rings. The Labute approximate surface area is 147 Å². The summed E-state index contributed by atoms with van der Waals surface area (Å²) in [4.78, 5) is 27.2. The molecule has 0 aromatic heterocycles. The van der Waals surface area contributed by atoms with E-state index in [1.54, 1.807) is 37.5 Å². The van der Waals surface area contributed by atoms with Crippen LogP contribution in [-0.4, -0.2) is 23.1 Å². The van der Waals surface area contributed by atoms with Gasteiger partial charge in [-0.15, -0.1) is 0 Å². The summed E-state index contributed by atoms with van der Waals surface area (Å²) >= 11 is 1.20. The van der Waals surface area contributed by atoms with Crippen molar-refractivity contribution in [1.29, 1.82) is 0 Å². The molecule has 1 amide bonds. The van der Waals surface area contributed by atoms with Crippen molar-refractivity contribution in [3.8, 4) is 5.75 Å². The predicted molar refractivity (Wildman–Crippen MR) is 96.9 cm³/mol. The number of nitro groups is 1. The number of methoxy groups -OCH3 is 1. The molecule has 0 radical (unpaired) electrons. The maximum atomic E-state index is 12.1. The average molecular weight is 355 g/mol. The fraction of sp³-hybridized carbons (Fsp3) is 0.0588. The van der Waals surface area contributed by atoms with E-state index >= 15 is 0 Å². The van der Waals surface area contributed by atoms with Crippen molar-refractivity contribution in [2.24, 2.45) is 4.99 Å². The van der Waals surface area contributed by atoms with Gasteiger partial charge in [-0.05, 0) is 47.7 Å². The molecule has 7 nitrogen and oxygen atoms in total. The van der Waals surface area contributed by atoms with E-state index in [-0.39, 0.29) is 11.6 Å². The molecule has 2 aromatic carbocycles. The van der Waals surface area contributed by atoms with Gasteiger partial charge in [-0.3, -0.25) is 14.9 Å². The van der Waals surface area contributed by atoms with E-state index in [9.17, 15) is 14.9 Å². The molecule has 0 unspecified atom stereocenters. The van der Waals surface area contributed by atoms with Gasteiger partial charge < -0.3 is 10.1 Å². The number of nitrogens with one attached hydrogen (secondary N) is 1. The summed E-state index contributed by atoms with van der Waals surface area (Å²) in [5.41, 5.74) is 1.32. The van der Waals surface area contributed by atoms with Crippen LogP contribution in [0.15, 0.2) is 58.4 Å². The number of non-ortho nitro benzene ring substituents is 1. The zero-order chi connectivity index (χ0) is 17.8. The first-order chi connectivity index (χ1) is 12.1. The second kappa shape index (κ2) is 7.18. The van der Waals surface area contributed by atoms with Crippen LogP contribution in [0.5, 0.6) is 5.75 Å². The number of hydrogen-bond donors (Lipinski definition) is 1. The number of thioether (sulfide) groups is 1. The Hall–Kier alpha value is -3.13. The monoisotopic (exact) mass is 355 g/mol. The largest absolute Gasteiger partial charge is 0.494 e. The zero-order valence-electron chi connectivity index (χ0n) is 13.1. The maximum Gasteiger partial charge on any atom is 0.269 e. The van der Waals surface area contributed by atoms with Gasteiger partial charge in [0.25, 0.3) is 11.6 Å². The molecule has 2 aromatic rings. The van der Waals surface area contributed by atoms with E-state index in [1.165, 1.54) is 23.9 Å². The highest BCUT2D eigenvalue weighted by Crippen LogP contribution is 2.32. The van der Waals surface area contributed by atoms with Crippen molar-refractivity contribution in [1.82, 2.24) is 5.32 Å². The Balaban J connectivity index is 1.82. The lowest BCUT2D eigenvalue weighted by molar-refractivity contribution is -0.384. The number of amidine groups is 1. The summed E-state index contributed by atoms with van der Waals surface area (Å²) < 4.78 is 5.24. The number of para-hydroxylation sites is 2. The standard InChI is InChI=1S/C17H13N3O4S/c1-24-14-5-3-2-4-13(14)18-17-19-16(21)15(25-17)10-11-6-8-12(9-7-11)20(22)23/h2-10H,1H3,(H,18,19,21)/b15-10-. The van der Waals surface area contributed by atoms with Crippen LogP contribution in [0.2, 0.25) is 0 Å². The van der Waals surface area contributed by atoms with E-state index < -0.39 is 4.92 Å². The Morgan fingerprint density at radius 1 is 1.20 bits per heavy atom. The zero-order valence-corrected chi connectivity index (χ0v) is 13.9. The van der Waals surface area contributed by atoms with Crippen LogP contribution in [0.4, 0.5) is 11.4 Å². The molecular formula is C17H13N3O4S. The molecular weight excluding hydrogens is 342 g/mol. The lowest BCUT2D eigenvalue weighted by Crippen LogP contribution is -2.19. The van der Waals surface area contributed by atoms with Gasteiger partial charge in [0.1, 0.15) is 11.4 Å². The molecule has 1 heterocycles. The van der Waals surface area contributed by atoms with E-state index in [4.69, 9.17) is 4.74 Å². The van der Waals surface area contributed by atoms with Crippen LogP contribution in [0.25, 0.3) is 6.08 Å². The van der Waals surface area contributed by atoms with Crippen LogP contribution >= 0.6 is 11.8 Å². The topological polar surface area (TPSA) is 93.8 Å². The van der Waals surface area contributed by atoms with Crippen LogP contribution in [0.1, 0.15) is 5.56 Å². The fourth-order valence-electron chi connectivity index (χ4n) is 2.16. The molecule has 0 spiro atoms. The quantitative estimate of drug-likeness (QED) is 0.515.